The standard InChI is InChI=1S/C16H32N2S4/c1-3-16(2,8-4-10(19)14(17)11(20)5-8)9-6-12(21)15(18)13(22)7-9/h8-15,19-22H,3-7,17-18H2,1-2H3. The Hall–Kier alpha value is 1.32. The highest BCUT2D eigenvalue weighted by Gasteiger charge is 2.48. The van der Waals surface area contributed by atoms with Crippen molar-refractivity contribution in [1.29, 1.82) is 0 Å². The number of hydrogen-bond donors (Lipinski definition) is 6. The first-order valence-corrected chi connectivity index (χ1v) is 10.5. The maximum absolute atomic E-state index is 6.22. The van der Waals surface area contributed by atoms with E-state index in [1.165, 1.54) is 0 Å². The van der Waals surface area contributed by atoms with Gasteiger partial charge in [-0.05, 0) is 42.9 Å². The van der Waals surface area contributed by atoms with Crippen LogP contribution < -0.4 is 11.5 Å². The maximum Gasteiger partial charge on any atom is 0.0275 e. The van der Waals surface area contributed by atoms with Crippen molar-refractivity contribution in [2.24, 2.45) is 28.7 Å². The normalized spacial score (nSPS) is 49.6. The summed E-state index contributed by atoms with van der Waals surface area (Å²) in [7, 11) is 0. The monoisotopic (exact) mass is 380 g/mol. The third-order valence-corrected chi connectivity index (χ3v) is 8.73. The van der Waals surface area contributed by atoms with E-state index in [1.807, 2.05) is 0 Å². The summed E-state index contributed by atoms with van der Waals surface area (Å²) in [5.41, 5.74) is 12.7. The van der Waals surface area contributed by atoms with Gasteiger partial charge in [-0.2, -0.15) is 50.5 Å². The molecule has 2 aliphatic carbocycles. The zero-order valence-electron chi connectivity index (χ0n) is 13.6. The third kappa shape index (κ3) is 3.77. The molecule has 6 heteroatoms. The number of nitrogens with two attached hydrogens (primary N) is 2. The summed E-state index contributed by atoms with van der Waals surface area (Å²) >= 11 is 18.9. The molecule has 0 bridgehead atoms. The summed E-state index contributed by atoms with van der Waals surface area (Å²) in [4.78, 5) is 0. The summed E-state index contributed by atoms with van der Waals surface area (Å²) in [6, 6.07) is 0.193. The van der Waals surface area contributed by atoms with Crippen LogP contribution in [0.5, 0.6) is 0 Å². The van der Waals surface area contributed by atoms with Gasteiger partial charge in [0, 0.05) is 33.1 Å². The van der Waals surface area contributed by atoms with E-state index in [9.17, 15) is 0 Å². The van der Waals surface area contributed by atoms with Gasteiger partial charge in [0.1, 0.15) is 0 Å². The molecule has 0 spiro atoms. The molecule has 130 valence electrons. The molecule has 0 aromatic carbocycles. The summed E-state index contributed by atoms with van der Waals surface area (Å²) in [5, 5.41) is 0.987. The van der Waals surface area contributed by atoms with Crippen LogP contribution >= 0.6 is 50.5 Å². The van der Waals surface area contributed by atoms with Crippen molar-refractivity contribution in [3.05, 3.63) is 0 Å². The molecule has 0 radical (unpaired) electrons. The predicted molar refractivity (Wildman–Crippen MR) is 111 cm³/mol. The van der Waals surface area contributed by atoms with Gasteiger partial charge in [0.2, 0.25) is 0 Å². The Bertz CT molecular complexity index is 327. The average Bonchev–Trinajstić information content (AvgIpc) is 2.48. The lowest BCUT2D eigenvalue weighted by Gasteiger charge is -2.52. The number of rotatable bonds is 3. The smallest absolute Gasteiger partial charge is 0.0275 e. The van der Waals surface area contributed by atoms with Gasteiger partial charge >= 0.3 is 0 Å². The second-order valence-corrected chi connectivity index (χ2v) is 10.3. The minimum Gasteiger partial charge on any atom is -0.326 e. The summed E-state index contributed by atoms with van der Waals surface area (Å²) in [6.07, 6.45) is 5.51. The molecule has 0 aliphatic heterocycles. The molecule has 0 aromatic rings. The van der Waals surface area contributed by atoms with E-state index in [2.05, 4.69) is 13.8 Å². The minimum absolute atomic E-state index is 0.0963. The van der Waals surface area contributed by atoms with E-state index in [1.54, 1.807) is 0 Å². The Labute approximate surface area is 158 Å². The number of hydrogen-bond acceptors (Lipinski definition) is 6. The molecule has 2 saturated carbocycles. The van der Waals surface area contributed by atoms with Crippen LogP contribution in [0.15, 0.2) is 0 Å². The van der Waals surface area contributed by atoms with Gasteiger partial charge in [-0.15, -0.1) is 0 Å². The van der Waals surface area contributed by atoms with Crippen molar-refractivity contribution in [1.82, 2.24) is 0 Å². The molecule has 2 aliphatic rings. The third-order valence-electron chi connectivity index (χ3n) is 6.51. The molecule has 2 nitrogen and oxygen atoms in total. The molecule has 22 heavy (non-hydrogen) atoms. The van der Waals surface area contributed by atoms with Crippen LogP contribution in [0.4, 0.5) is 0 Å². The van der Waals surface area contributed by atoms with E-state index in [0.29, 0.717) is 11.8 Å². The van der Waals surface area contributed by atoms with Gasteiger partial charge in [-0.25, -0.2) is 0 Å². The van der Waals surface area contributed by atoms with Crippen LogP contribution in [0.3, 0.4) is 0 Å². The van der Waals surface area contributed by atoms with E-state index in [-0.39, 0.29) is 38.5 Å². The van der Waals surface area contributed by atoms with Gasteiger partial charge in [0.05, 0.1) is 0 Å². The van der Waals surface area contributed by atoms with Crippen LogP contribution in [0.25, 0.3) is 0 Å². The molecule has 0 aromatic heterocycles. The first kappa shape index (κ1) is 19.6. The fourth-order valence-corrected chi connectivity index (χ4v) is 6.61. The highest BCUT2D eigenvalue weighted by molar-refractivity contribution is 7.82. The van der Waals surface area contributed by atoms with Crippen molar-refractivity contribution in [3.8, 4) is 0 Å². The second kappa shape index (κ2) is 7.69. The van der Waals surface area contributed by atoms with Gasteiger partial charge in [-0.1, -0.05) is 20.3 Å². The topological polar surface area (TPSA) is 52.0 Å². The van der Waals surface area contributed by atoms with E-state index >= 15 is 0 Å². The molecular weight excluding hydrogens is 348 g/mol. The Kier molecular flexibility index (Phi) is 6.87. The molecule has 0 saturated heterocycles. The lowest BCUT2D eigenvalue weighted by molar-refractivity contribution is 0.0373. The molecule has 4 N–H and O–H groups in total. The molecule has 0 heterocycles. The zero-order chi connectivity index (χ0) is 16.7. The molecule has 4 atom stereocenters. The van der Waals surface area contributed by atoms with Gasteiger partial charge in [0.25, 0.3) is 0 Å². The molecule has 2 fully saturated rings. The Morgan fingerprint density at radius 2 is 1.05 bits per heavy atom. The average molecular weight is 381 g/mol. The van der Waals surface area contributed by atoms with Crippen LogP contribution in [0, 0.1) is 17.3 Å². The minimum atomic E-state index is 0.0963. The number of thiol groups is 4. The maximum atomic E-state index is 6.22. The van der Waals surface area contributed by atoms with Crippen molar-refractivity contribution in [2.75, 3.05) is 0 Å². The predicted octanol–water partition coefficient (Wildman–Crippen LogP) is 3.07. The van der Waals surface area contributed by atoms with Crippen molar-refractivity contribution < 1.29 is 0 Å². The van der Waals surface area contributed by atoms with Gasteiger partial charge < -0.3 is 11.5 Å². The SMILES string of the molecule is CCC(C)(C1CC(S)C(N)C(S)C1)C1CC(S)C(N)C(S)C1. The molecule has 0 amide bonds. The molecule has 2 rings (SSSR count). The van der Waals surface area contributed by atoms with Gasteiger partial charge in [0.15, 0.2) is 0 Å². The Morgan fingerprint density at radius 3 is 1.27 bits per heavy atom. The fourth-order valence-electron chi connectivity index (χ4n) is 4.49. The van der Waals surface area contributed by atoms with Crippen molar-refractivity contribution >= 4 is 50.5 Å². The second-order valence-electron chi connectivity index (χ2n) is 7.62. The van der Waals surface area contributed by atoms with Gasteiger partial charge in [-0.3, -0.25) is 0 Å². The summed E-state index contributed by atoms with van der Waals surface area (Å²) < 4.78 is 0. The Morgan fingerprint density at radius 1 is 0.773 bits per heavy atom. The lowest BCUT2D eigenvalue weighted by atomic mass is 9.58. The summed E-state index contributed by atoms with van der Waals surface area (Å²) in [6.45, 7) is 4.75. The highest BCUT2D eigenvalue weighted by atomic mass is 32.1. The highest BCUT2D eigenvalue weighted by Crippen LogP contribution is 2.52. The quantitative estimate of drug-likeness (QED) is 0.426. The molecular formula is C16H32N2S4. The van der Waals surface area contributed by atoms with Crippen molar-refractivity contribution in [2.45, 2.75) is 79.0 Å². The first-order chi connectivity index (χ1) is 10.2. The van der Waals surface area contributed by atoms with E-state index < -0.39 is 0 Å². The van der Waals surface area contributed by atoms with E-state index in [0.717, 1.165) is 32.1 Å². The van der Waals surface area contributed by atoms with Crippen LogP contribution in [-0.2, 0) is 0 Å². The summed E-state index contributed by atoms with van der Waals surface area (Å²) in [5.74, 6) is 1.23. The fraction of sp³-hybridized carbons (Fsp3) is 1.00. The van der Waals surface area contributed by atoms with Crippen molar-refractivity contribution in [3.63, 3.8) is 0 Å². The largest absolute Gasteiger partial charge is 0.326 e. The van der Waals surface area contributed by atoms with Crippen LogP contribution in [0.2, 0.25) is 0 Å². The Balaban J connectivity index is 2.17. The zero-order valence-corrected chi connectivity index (χ0v) is 17.2. The first-order valence-electron chi connectivity index (χ1n) is 8.44. The van der Waals surface area contributed by atoms with Crippen LogP contribution in [-0.4, -0.2) is 33.1 Å². The van der Waals surface area contributed by atoms with Crippen LogP contribution in [0.1, 0.15) is 46.0 Å². The molecule has 4 unspecified atom stereocenters. The van der Waals surface area contributed by atoms with E-state index in [4.69, 9.17) is 62.0 Å². The lowest BCUT2D eigenvalue weighted by Crippen LogP contribution is -2.53.